The minimum Gasteiger partial charge on any atom is -0.0614 e. The molecule has 0 bridgehead atoms. The van der Waals surface area contributed by atoms with Crippen LogP contribution in [0.25, 0.3) is 10.8 Å². The van der Waals surface area contributed by atoms with Gasteiger partial charge in [0.25, 0.3) is 0 Å². The van der Waals surface area contributed by atoms with Gasteiger partial charge in [-0.1, -0.05) is 20.8 Å². The highest BCUT2D eigenvalue weighted by atomic mass is 14.4. The number of rotatable bonds is 0. The minimum atomic E-state index is 0.725. The van der Waals surface area contributed by atoms with Crippen LogP contribution in [0.5, 0.6) is 0 Å². The second-order valence-corrected chi connectivity index (χ2v) is 11.5. The van der Waals surface area contributed by atoms with Crippen LogP contribution in [0.1, 0.15) is 110 Å². The molecule has 0 fully saturated rings. The number of hydrogen-bond donors (Lipinski definition) is 0. The van der Waals surface area contributed by atoms with Crippen molar-refractivity contribution in [3.8, 4) is 0 Å². The molecular formula is C34H48. The summed E-state index contributed by atoms with van der Waals surface area (Å²) in [4.78, 5) is 0. The van der Waals surface area contributed by atoms with Gasteiger partial charge in [-0.15, -0.1) is 0 Å². The summed E-state index contributed by atoms with van der Waals surface area (Å²) in [6, 6.07) is 0. The summed E-state index contributed by atoms with van der Waals surface area (Å²) in [6.45, 7) is 34.4. The van der Waals surface area contributed by atoms with E-state index in [1.165, 1.54) is 66.4 Å². The molecule has 0 saturated heterocycles. The van der Waals surface area contributed by atoms with Crippen molar-refractivity contribution in [1.82, 2.24) is 0 Å². The van der Waals surface area contributed by atoms with E-state index in [0.29, 0.717) is 0 Å². The molecule has 0 saturated carbocycles. The van der Waals surface area contributed by atoms with E-state index < -0.39 is 0 Å². The molecule has 4 rings (SSSR count). The number of fused-ring (bicyclic) bond motifs is 2. The topological polar surface area (TPSA) is 0 Å². The van der Waals surface area contributed by atoms with Crippen molar-refractivity contribution < 1.29 is 0 Å². The highest BCUT2D eigenvalue weighted by molar-refractivity contribution is 5.97. The van der Waals surface area contributed by atoms with Crippen LogP contribution in [0.15, 0.2) is 0 Å². The molecule has 0 heterocycles. The minimum absolute atomic E-state index is 0.725. The maximum Gasteiger partial charge on any atom is -0.0114 e. The predicted octanol–water partition coefficient (Wildman–Crippen LogP) is 10.1. The van der Waals surface area contributed by atoms with E-state index in [1.54, 1.807) is 22.3 Å². The van der Waals surface area contributed by atoms with E-state index in [-0.39, 0.29) is 0 Å². The van der Waals surface area contributed by atoms with Crippen LogP contribution in [0.4, 0.5) is 0 Å². The van der Waals surface area contributed by atoms with Crippen LogP contribution in [-0.2, 0) is 0 Å². The molecule has 1 unspecified atom stereocenters. The summed E-state index contributed by atoms with van der Waals surface area (Å²) in [5, 5.41) is 2.97. The Kier molecular flexibility index (Phi) is 7.16. The molecule has 0 radical (unpaired) electrons. The molecule has 1 aliphatic carbocycles. The zero-order valence-electron chi connectivity index (χ0n) is 24.7. The second kappa shape index (κ2) is 9.18. The highest BCUT2D eigenvalue weighted by Gasteiger charge is 2.35. The lowest BCUT2D eigenvalue weighted by Gasteiger charge is -2.21. The summed E-state index contributed by atoms with van der Waals surface area (Å²) >= 11 is 0. The van der Waals surface area contributed by atoms with Gasteiger partial charge in [0, 0.05) is 0 Å². The van der Waals surface area contributed by atoms with E-state index in [9.17, 15) is 0 Å². The van der Waals surface area contributed by atoms with Crippen LogP contribution in [0.3, 0.4) is 0 Å². The Morgan fingerprint density at radius 3 is 0.735 bits per heavy atom. The van der Waals surface area contributed by atoms with E-state index in [2.05, 4.69) is 104 Å². The Morgan fingerprint density at radius 1 is 0.294 bits per heavy atom. The second-order valence-electron chi connectivity index (χ2n) is 11.5. The molecular weight excluding hydrogens is 408 g/mol. The van der Waals surface area contributed by atoms with Gasteiger partial charge >= 0.3 is 0 Å². The fraction of sp³-hybridized carbons (Fsp3) is 0.529. The van der Waals surface area contributed by atoms with Gasteiger partial charge in [-0.2, -0.15) is 0 Å². The van der Waals surface area contributed by atoms with Gasteiger partial charge in [-0.3, -0.25) is 0 Å². The van der Waals surface area contributed by atoms with Gasteiger partial charge in [-0.05, 0) is 189 Å². The maximum absolute atomic E-state index is 2.40. The van der Waals surface area contributed by atoms with Gasteiger partial charge < -0.3 is 0 Å². The molecule has 34 heavy (non-hydrogen) atoms. The van der Waals surface area contributed by atoms with E-state index in [0.717, 1.165) is 17.8 Å². The van der Waals surface area contributed by atoms with E-state index in [4.69, 9.17) is 0 Å². The number of hydrogen-bond acceptors (Lipinski definition) is 0. The van der Waals surface area contributed by atoms with Crippen molar-refractivity contribution in [3.05, 3.63) is 77.9 Å². The Morgan fingerprint density at radius 2 is 0.500 bits per heavy atom. The zero-order valence-corrected chi connectivity index (χ0v) is 24.7. The third kappa shape index (κ3) is 3.73. The van der Waals surface area contributed by atoms with Gasteiger partial charge in [0.1, 0.15) is 0 Å². The average Bonchev–Trinajstić information content (AvgIpc) is 3.03. The van der Waals surface area contributed by atoms with Gasteiger partial charge in [0.15, 0.2) is 0 Å². The van der Waals surface area contributed by atoms with Crippen LogP contribution in [-0.4, -0.2) is 0 Å². The Bertz CT molecular complexity index is 1140. The largest absolute Gasteiger partial charge is 0.0614 e. The number of aryl methyl sites for hydroxylation is 4. The fourth-order valence-electron chi connectivity index (χ4n) is 6.69. The average molecular weight is 457 g/mol. The molecule has 3 atom stereocenters. The monoisotopic (exact) mass is 456 g/mol. The molecule has 3 aromatic rings. The highest BCUT2D eigenvalue weighted by Crippen LogP contribution is 2.50. The van der Waals surface area contributed by atoms with Crippen LogP contribution < -0.4 is 0 Å². The van der Waals surface area contributed by atoms with Crippen LogP contribution in [0.2, 0.25) is 0 Å². The summed E-state index contributed by atoms with van der Waals surface area (Å²) in [6.07, 6.45) is 0. The van der Waals surface area contributed by atoms with Crippen LogP contribution in [0, 0.1) is 89.0 Å². The van der Waals surface area contributed by atoms with Crippen molar-refractivity contribution in [3.63, 3.8) is 0 Å². The summed E-state index contributed by atoms with van der Waals surface area (Å²) in [7, 11) is 0. The number of benzene rings is 3. The SMILES string of the molecule is Cc1c(C)c(C)c2c(C)c(C)c(C)c(C)c2c1C.Cc1c(C)c(C)c2c(c1C)[C@@H](C)C(C)[C@H]2C. The zero-order chi connectivity index (χ0) is 26.0. The van der Waals surface area contributed by atoms with Crippen molar-refractivity contribution in [2.45, 2.75) is 116 Å². The molecule has 184 valence electrons. The molecule has 0 heteroatoms. The fourth-order valence-corrected chi connectivity index (χ4v) is 6.69. The Balaban J connectivity index is 0.000000192. The van der Waals surface area contributed by atoms with Crippen molar-refractivity contribution in [1.29, 1.82) is 0 Å². The normalized spacial score (nSPS) is 19.3. The molecule has 0 nitrogen and oxygen atoms in total. The first-order valence-electron chi connectivity index (χ1n) is 13.2. The summed E-state index contributed by atoms with van der Waals surface area (Å²) < 4.78 is 0. The summed E-state index contributed by atoms with van der Waals surface area (Å²) in [5.41, 5.74) is 21.0. The van der Waals surface area contributed by atoms with Crippen molar-refractivity contribution >= 4 is 10.8 Å². The van der Waals surface area contributed by atoms with E-state index in [1.807, 2.05) is 0 Å². The van der Waals surface area contributed by atoms with E-state index >= 15 is 0 Å². The first kappa shape index (κ1) is 26.5. The standard InChI is InChI=1S/C18H24.C16H24/c1-9-10(2)14(6)18-16(8)12(4)11(3)15(7)17(18)13(9)5;1-8-9(2)12(5)16-14(7)10(3)13(6)15(16)11(8)4/h1-8H3;10,13-14H,1-7H3/t;10?,13-,14+. The first-order valence-corrected chi connectivity index (χ1v) is 13.2. The maximum atomic E-state index is 2.40. The quantitative estimate of drug-likeness (QED) is 0.315. The third-order valence-corrected chi connectivity index (χ3v) is 10.4. The van der Waals surface area contributed by atoms with Crippen molar-refractivity contribution in [2.75, 3.05) is 0 Å². The third-order valence-electron chi connectivity index (χ3n) is 10.4. The molecule has 0 aliphatic heterocycles. The Hall–Kier alpha value is -2.08. The summed E-state index contributed by atoms with van der Waals surface area (Å²) in [5.74, 6) is 2.24. The lowest BCUT2D eigenvalue weighted by Crippen LogP contribution is -2.02. The van der Waals surface area contributed by atoms with Gasteiger partial charge in [0.2, 0.25) is 0 Å². The molecule has 0 N–H and O–H groups in total. The smallest absolute Gasteiger partial charge is 0.0114 e. The van der Waals surface area contributed by atoms with Gasteiger partial charge in [0.05, 0.1) is 0 Å². The van der Waals surface area contributed by atoms with Crippen molar-refractivity contribution in [2.24, 2.45) is 5.92 Å². The van der Waals surface area contributed by atoms with Crippen LogP contribution >= 0.6 is 0 Å². The molecule has 3 aromatic carbocycles. The first-order chi connectivity index (χ1) is 15.7. The lowest BCUT2D eigenvalue weighted by molar-refractivity contribution is 0.463. The predicted molar refractivity (Wildman–Crippen MR) is 153 cm³/mol. The molecule has 1 aliphatic rings. The van der Waals surface area contributed by atoms with Gasteiger partial charge in [-0.25, -0.2) is 0 Å². The lowest BCUT2D eigenvalue weighted by atomic mass is 9.83. The molecule has 0 amide bonds. The Labute approximate surface area is 210 Å². The molecule has 0 aromatic heterocycles. The molecule has 0 spiro atoms.